The first kappa shape index (κ1) is 11.3. The Kier molecular flexibility index (Phi) is 3.15. The summed E-state index contributed by atoms with van der Waals surface area (Å²) in [6.07, 6.45) is 5.81. The fourth-order valence-electron chi connectivity index (χ4n) is 1.60. The molecule has 0 aromatic heterocycles. The van der Waals surface area contributed by atoms with Crippen molar-refractivity contribution in [3.05, 3.63) is 12.3 Å². The Morgan fingerprint density at radius 1 is 1.80 bits per heavy atom. The van der Waals surface area contributed by atoms with Gasteiger partial charge < -0.3 is 9.47 Å². The second-order valence-electron chi connectivity index (χ2n) is 3.38. The van der Waals surface area contributed by atoms with Gasteiger partial charge in [0.05, 0.1) is 7.11 Å². The quantitative estimate of drug-likeness (QED) is 0.395. The number of rotatable bonds is 3. The van der Waals surface area contributed by atoms with Crippen molar-refractivity contribution in [1.82, 2.24) is 0 Å². The van der Waals surface area contributed by atoms with Gasteiger partial charge in [0, 0.05) is 12.8 Å². The molecule has 1 aliphatic heterocycles. The van der Waals surface area contributed by atoms with E-state index in [1.165, 1.54) is 7.11 Å². The van der Waals surface area contributed by atoms with Crippen LogP contribution in [0.4, 0.5) is 0 Å². The lowest BCUT2D eigenvalue weighted by Crippen LogP contribution is -2.36. The third-order valence-corrected chi connectivity index (χ3v) is 2.40. The van der Waals surface area contributed by atoms with E-state index in [4.69, 9.17) is 11.2 Å². The lowest BCUT2D eigenvalue weighted by molar-refractivity contribution is -0.162. The number of allylic oxidation sites excluding steroid dienone is 1. The maximum atomic E-state index is 11.6. The Labute approximate surface area is 88.2 Å². The van der Waals surface area contributed by atoms with Crippen molar-refractivity contribution in [1.29, 1.82) is 0 Å². The first-order chi connectivity index (χ1) is 7.06. The fraction of sp³-hybridized carbons (Fsp3) is 0.455. The van der Waals surface area contributed by atoms with Crippen molar-refractivity contribution in [2.24, 2.45) is 5.41 Å². The molecule has 1 rings (SSSR count). The molecule has 0 aliphatic carbocycles. The van der Waals surface area contributed by atoms with Crippen molar-refractivity contribution < 1.29 is 19.1 Å². The van der Waals surface area contributed by atoms with Gasteiger partial charge in [0.25, 0.3) is 0 Å². The zero-order valence-corrected chi connectivity index (χ0v) is 8.54. The van der Waals surface area contributed by atoms with Gasteiger partial charge in [-0.3, -0.25) is 9.59 Å². The van der Waals surface area contributed by atoms with E-state index < -0.39 is 17.4 Å². The van der Waals surface area contributed by atoms with E-state index in [-0.39, 0.29) is 18.6 Å². The zero-order valence-electron chi connectivity index (χ0n) is 8.54. The summed E-state index contributed by atoms with van der Waals surface area (Å²) in [5.74, 6) is 1.44. The van der Waals surface area contributed by atoms with Gasteiger partial charge in [-0.05, 0) is 6.42 Å². The second kappa shape index (κ2) is 4.18. The molecule has 0 bridgehead atoms. The fourth-order valence-corrected chi connectivity index (χ4v) is 1.60. The standard InChI is InChI=1S/C11H12O4/c1-4-5-6-11(9(12)14-3)7-8(2)15-10(11)13/h1H,2,5-7H2,3H3. The highest BCUT2D eigenvalue weighted by Crippen LogP contribution is 2.40. The zero-order chi connectivity index (χ0) is 11.5. The van der Waals surface area contributed by atoms with Crippen LogP contribution in [0.3, 0.4) is 0 Å². The van der Waals surface area contributed by atoms with Gasteiger partial charge >= 0.3 is 11.9 Å². The smallest absolute Gasteiger partial charge is 0.329 e. The molecule has 80 valence electrons. The number of terminal acetylenes is 1. The molecular weight excluding hydrogens is 196 g/mol. The first-order valence-electron chi connectivity index (χ1n) is 4.49. The van der Waals surface area contributed by atoms with E-state index in [9.17, 15) is 9.59 Å². The molecule has 0 radical (unpaired) electrons. The predicted molar refractivity (Wildman–Crippen MR) is 52.4 cm³/mol. The average molecular weight is 208 g/mol. The van der Waals surface area contributed by atoms with E-state index in [1.807, 2.05) is 0 Å². The Hall–Kier alpha value is -1.76. The van der Waals surface area contributed by atoms with Crippen LogP contribution < -0.4 is 0 Å². The molecule has 0 spiro atoms. The number of methoxy groups -OCH3 is 1. The molecule has 15 heavy (non-hydrogen) atoms. The van der Waals surface area contributed by atoms with E-state index in [2.05, 4.69) is 17.2 Å². The second-order valence-corrected chi connectivity index (χ2v) is 3.38. The highest BCUT2D eigenvalue weighted by atomic mass is 16.6. The summed E-state index contributed by atoms with van der Waals surface area (Å²) in [5, 5.41) is 0. The van der Waals surface area contributed by atoms with E-state index in [1.54, 1.807) is 0 Å². The van der Waals surface area contributed by atoms with Crippen molar-refractivity contribution in [2.45, 2.75) is 19.3 Å². The Morgan fingerprint density at radius 2 is 2.47 bits per heavy atom. The third-order valence-electron chi connectivity index (χ3n) is 2.40. The molecule has 1 saturated heterocycles. The number of ether oxygens (including phenoxy) is 2. The van der Waals surface area contributed by atoms with Gasteiger partial charge in [0.2, 0.25) is 0 Å². The molecule has 0 amide bonds. The number of carbonyl (C=O) groups excluding carboxylic acids is 2. The van der Waals surface area contributed by atoms with Gasteiger partial charge in [0.1, 0.15) is 5.76 Å². The van der Waals surface area contributed by atoms with E-state index in [0.29, 0.717) is 6.42 Å². The molecule has 0 aromatic carbocycles. The van der Waals surface area contributed by atoms with Crippen LogP contribution in [0, 0.1) is 17.8 Å². The van der Waals surface area contributed by atoms with E-state index in [0.717, 1.165) is 0 Å². The van der Waals surface area contributed by atoms with Gasteiger partial charge in [-0.1, -0.05) is 6.58 Å². The molecule has 1 unspecified atom stereocenters. The van der Waals surface area contributed by atoms with Crippen LogP contribution >= 0.6 is 0 Å². The monoisotopic (exact) mass is 208 g/mol. The van der Waals surface area contributed by atoms with Crippen LogP contribution in [0.15, 0.2) is 12.3 Å². The highest BCUT2D eigenvalue weighted by Gasteiger charge is 2.53. The maximum absolute atomic E-state index is 11.6. The SMILES string of the molecule is C#CCCC1(C(=O)OC)CC(=C)OC1=O. The molecule has 1 heterocycles. The van der Waals surface area contributed by atoms with Crippen LogP contribution in [0.5, 0.6) is 0 Å². The number of esters is 2. The average Bonchev–Trinajstić information content (AvgIpc) is 2.50. The van der Waals surface area contributed by atoms with Crippen LogP contribution in [0.1, 0.15) is 19.3 Å². The molecule has 0 saturated carbocycles. The molecule has 4 heteroatoms. The summed E-state index contributed by atoms with van der Waals surface area (Å²) in [5.41, 5.74) is -1.28. The minimum atomic E-state index is -1.28. The third kappa shape index (κ3) is 1.86. The maximum Gasteiger partial charge on any atom is 0.329 e. The molecule has 1 aliphatic rings. The number of hydrogen-bond acceptors (Lipinski definition) is 4. The minimum Gasteiger partial charge on any atom is -0.468 e. The molecule has 1 fully saturated rings. The summed E-state index contributed by atoms with van der Waals surface area (Å²) in [6.45, 7) is 3.52. The van der Waals surface area contributed by atoms with Crippen LogP contribution in [-0.4, -0.2) is 19.0 Å². The Morgan fingerprint density at radius 3 is 2.87 bits per heavy atom. The Bertz CT molecular complexity index is 350. The van der Waals surface area contributed by atoms with Gasteiger partial charge in [-0.15, -0.1) is 12.3 Å². The summed E-state index contributed by atoms with van der Waals surface area (Å²) >= 11 is 0. The summed E-state index contributed by atoms with van der Waals surface area (Å²) in [4.78, 5) is 23.1. The van der Waals surface area contributed by atoms with Crippen LogP contribution in [-0.2, 0) is 19.1 Å². The van der Waals surface area contributed by atoms with Crippen LogP contribution in [0.25, 0.3) is 0 Å². The summed E-state index contributed by atoms with van der Waals surface area (Å²) in [7, 11) is 1.23. The van der Waals surface area contributed by atoms with E-state index >= 15 is 0 Å². The first-order valence-corrected chi connectivity index (χ1v) is 4.49. The number of cyclic esters (lactones) is 1. The Balaban J connectivity index is 2.97. The molecule has 1 atom stereocenters. The molecule has 0 N–H and O–H groups in total. The van der Waals surface area contributed by atoms with Crippen molar-refractivity contribution >= 4 is 11.9 Å². The lowest BCUT2D eigenvalue weighted by atomic mass is 9.81. The molecular formula is C11H12O4. The predicted octanol–water partition coefficient (Wildman–Crippen LogP) is 1.02. The normalized spacial score (nSPS) is 24.5. The summed E-state index contributed by atoms with van der Waals surface area (Å²) < 4.78 is 9.40. The number of hydrogen-bond donors (Lipinski definition) is 0. The van der Waals surface area contributed by atoms with Gasteiger partial charge in [-0.25, -0.2) is 0 Å². The van der Waals surface area contributed by atoms with Gasteiger partial charge in [-0.2, -0.15) is 0 Å². The molecule has 0 aromatic rings. The molecule has 4 nitrogen and oxygen atoms in total. The van der Waals surface area contributed by atoms with Crippen LogP contribution in [0.2, 0.25) is 0 Å². The van der Waals surface area contributed by atoms with Gasteiger partial charge in [0.15, 0.2) is 5.41 Å². The van der Waals surface area contributed by atoms with Crippen molar-refractivity contribution in [3.8, 4) is 12.3 Å². The largest absolute Gasteiger partial charge is 0.468 e. The highest BCUT2D eigenvalue weighted by molar-refractivity contribution is 6.02. The van der Waals surface area contributed by atoms with Crippen molar-refractivity contribution in [2.75, 3.05) is 7.11 Å². The van der Waals surface area contributed by atoms with Crippen molar-refractivity contribution in [3.63, 3.8) is 0 Å². The topological polar surface area (TPSA) is 52.6 Å². The summed E-state index contributed by atoms with van der Waals surface area (Å²) in [6, 6.07) is 0. The number of carbonyl (C=O) groups is 2. The lowest BCUT2D eigenvalue weighted by Gasteiger charge is -2.19. The minimum absolute atomic E-state index is 0.153.